The van der Waals surface area contributed by atoms with Crippen LogP contribution in [-0.2, 0) is 11.3 Å². The van der Waals surface area contributed by atoms with Crippen LogP contribution in [0.4, 0.5) is 5.69 Å². The van der Waals surface area contributed by atoms with E-state index >= 15 is 0 Å². The minimum absolute atomic E-state index is 0.0968. The second-order valence-corrected chi connectivity index (χ2v) is 8.65. The summed E-state index contributed by atoms with van der Waals surface area (Å²) >= 11 is 4.84. The highest BCUT2D eigenvalue weighted by atomic mass is 79.9. The van der Waals surface area contributed by atoms with E-state index in [1.807, 2.05) is 61.7 Å². The first-order valence-corrected chi connectivity index (χ1v) is 10.7. The maximum absolute atomic E-state index is 13.1. The van der Waals surface area contributed by atoms with Gasteiger partial charge >= 0.3 is 0 Å². The van der Waals surface area contributed by atoms with Gasteiger partial charge in [-0.05, 0) is 43.2 Å². The maximum atomic E-state index is 13.1. The molecule has 146 valence electrons. The van der Waals surface area contributed by atoms with E-state index in [9.17, 15) is 9.59 Å². The van der Waals surface area contributed by atoms with Crippen LogP contribution in [0, 0.1) is 13.8 Å². The van der Waals surface area contributed by atoms with Crippen LogP contribution in [0.5, 0.6) is 0 Å². The van der Waals surface area contributed by atoms with Gasteiger partial charge in [0.2, 0.25) is 5.91 Å². The van der Waals surface area contributed by atoms with Crippen molar-refractivity contribution in [2.45, 2.75) is 20.4 Å². The number of amides is 1. The molecule has 0 atom stereocenters. The lowest BCUT2D eigenvalue weighted by Gasteiger charge is -2.10. The van der Waals surface area contributed by atoms with E-state index in [1.165, 1.54) is 22.2 Å². The fraction of sp³-hybridized carbons (Fsp3) is 0.136. The molecule has 0 saturated carbocycles. The number of anilines is 1. The molecule has 2 aromatic carbocycles. The Hall–Kier alpha value is -2.77. The Morgan fingerprint density at radius 1 is 1.17 bits per heavy atom. The number of aryl methyl sites for hydroxylation is 2. The Morgan fingerprint density at radius 3 is 2.66 bits per heavy atom. The molecule has 0 saturated heterocycles. The van der Waals surface area contributed by atoms with Crippen LogP contribution in [0.1, 0.15) is 11.1 Å². The number of hydrogen-bond acceptors (Lipinski definition) is 4. The maximum Gasteiger partial charge on any atom is 0.263 e. The summed E-state index contributed by atoms with van der Waals surface area (Å²) in [4.78, 5) is 30.7. The average molecular weight is 468 g/mol. The molecule has 5 nitrogen and oxygen atoms in total. The monoisotopic (exact) mass is 467 g/mol. The van der Waals surface area contributed by atoms with Crippen LogP contribution >= 0.6 is 27.3 Å². The van der Waals surface area contributed by atoms with Gasteiger partial charge in [0.25, 0.3) is 5.56 Å². The molecule has 29 heavy (non-hydrogen) atoms. The number of benzene rings is 2. The number of rotatable bonds is 4. The van der Waals surface area contributed by atoms with Crippen molar-refractivity contribution in [3.63, 3.8) is 0 Å². The van der Waals surface area contributed by atoms with Gasteiger partial charge in [0.1, 0.15) is 11.4 Å². The van der Waals surface area contributed by atoms with Crippen molar-refractivity contribution in [2.75, 3.05) is 5.32 Å². The van der Waals surface area contributed by atoms with Crippen LogP contribution in [0.3, 0.4) is 0 Å². The van der Waals surface area contributed by atoms with Crippen LogP contribution in [0.2, 0.25) is 0 Å². The first-order valence-electron chi connectivity index (χ1n) is 9.02. The molecular formula is C22H18BrN3O2S. The Morgan fingerprint density at radius 2 is 1.93 bits per heavy atom. The molecule has 0 aliphatic rings. The molecule has 7 heteroatoms. The standard InChI is InChI=1S/C22H18BrN3O2S/c1-13-3-5-15(6-4-13)17-11-29-21-20(17)22(28)26(12-24-21)10-19(27)25-18-8-7-16(23)9-14(18)2/h3-9,11-12H,10H2,1-2H3,(H,25,27). The first kappa shape index (κ1) is 19.5. The second-order valence-electron chi connectivity index (χ2n) is 6.88. The van der Waals surface area contributed by atoms with E-state index in [-0.39, 0.29) is 18.0 Å². The van der Waals surface area contributed by atoms with E-state index in [4.69, 9.17) is 0 Å². The van der Waals surface area contributed by atoms with Crippen molar-refractivity contribution in [1.82, 2.24) is 9.55 Å². The van der Waals surface area contributed by atoms with E-state index in [1.54, 1.807) is 0 Å². The third-order valence-electron chi connectivity index (χ3n) is 4.70. The Balaban J connectivity index is 1.65. The molecule has 0 radical (unpaired) electrons. The van der Waals surface area contributed by atoms with E-state index < -0.39 is 0 Å². The van der Waals surface area contributed by atoms with Crippen LogP contribution in [0.15, 0.2) is 63.4 Å². The zero-order chi connectivity index (χ0) is 20.5. The molecule has 4 rings (SSSR count). The number of halogens is 1. The summed E-state index contributed by atoms with van der Waals surface area (Å²) in [6.07, 6.45) is 1.44. The molecule has 0 fully saturated rings. The van der Waals surface area contributed by atoms with Crippen molar-refractivity contribution >= 4 is 49.1 Å². The second kappa shape index (κ2) is 7.93. The van der Waals surface area contributed by atoms with Crippen molar-refractivity contribution in [3.8, 4) is 11.1 Å². The Kier molecular flexibility index (Phi) is 5.34. The third kappa shape index (κ3) is 4.02. The number of carbonyl (C=O) groups excluding carboxylic acids is 1. The fourth-order valence-corrected chi connectivity index (χ4v) is 4.52. The highest BCUT2D eigenvalue weighted by molar-refractivity contribution is 9.10. The number of nitrogens with one attached hydrogen (secondary N) is 1. The topological polar surface area (TPSA) is 64.0 Å². The van der Waals surface area contributed by atoms with Gasteiger partial charge in [0.15, 0.2) is 0 Å². The average Bonchev–Trinajstić information content (AvgIpc) is 3.12. The SMILES string of the molecule is Cc1ccc(-c2csc3ncn(CC(=O)Nc4ccc(Br)cc4C)c(=O)c23)cc1. The fourth-order valence-electron chi connectivity index (χ4n) is 3.14. The predicted octanol–water partition coefficient (Wildman–Crippen LogP) is 5.14. The summed E-state index contributed by atoms with van der Waals surface area (Å²) in [7, 11) is 0. The molecule has 0 aliphatic carbocycles. The molecular weight excluding hydrogens is 450 g/mol. The molecule has 0 unspecified atom stereocenters. The molecule has 1 amide bonds. The van der Waals surface area contributed by atoms with E-state index in [0.717, 1.165) is 32.4 Å². The van der Waals surface area contributed by atoms with E-state index in [2.05, 4.69) is 26.2 Å². The quantitative estimate of drug-likeness (QED) is 0.451. The third-order valence-corrected chi connectivity index (χ3v) is 6.08. The Bertz CT molecular complexity index is 1280. The molecule has 0 spiro atoms. The van der Waals surface area contributed by atoms with Gasteiger partial charge in [-0.15, -0.1) is 11.3 Å². The summed E-state index contributed by atoms with van der Waals surface area (Å²) in [6, 6.07) is 13.6. The summed E-state index contributed by atoms with van der Waals surface area (Å²) in [5.74, 6) is -0.272. The van der Waals surface area contributed by atoms with Gasteiger partial charge in [-0.3, -0.25) is 14.2 Å². The van der Waals surface area contributed by atoms with Crippen molar-refractivity contribution in [2.24, 2.45) is 0 Å². The summed E-state index contributed by atoms with van der Waals surface area (Å²) in [5, 5.41) is 5.36. The lowest BCUT2D eigenvalue weighted by atomic mass is 10.1. The van der Waals surface area contributed by atoms with Gasteiger partial charge in [-0.2, -0.15) is 0 Å². The van der Waals surface area contributed by atoms with Gasteiger partial charge in [0.05, 0.1) is 11.7 Å². The molecule has 1 N–H and O–H groups in total. The lowest BCUT2D eigenvalue weighted by molar-refractivity contribution is -0.116. The number of fused-ring (bicyclic) bond motifs is 1. The predicted molar refractivity (Wildman–Crippen MR) is 122 cm³/mol. The number of thiophene rings is 1. The van der Waals surface area contributed by atoms with Crippen LogP contribution < -0.4 is 10.9 Å². The summed E-state index contributed by atoms with van der Waals surface area (Å²) in [6.45, 7) is 3.84. The molecule has 0 aliphatic heterocycles. The van der Waals surface area contributed by atoms with Crippen molar-refractivity contribution < 1.29 is 4.79 Å². The zero-order valence-electron chi connectivity index (χ0n) is 15.9. The minimum atomic E-state index is -0.272. The summed E-state index contributed by atoms with van der Waals surface area (Å²) < 4.78 is 2.30. The zero-order valence-corrected chi connectivity index (χ0v) is 18.3. The highest BCUT2D eigenvalue weighted by Crippen LogP contribution is 2.30. The van der Waals surface area contributed by atoms with Gasteiger partial charge < -0.3 is 5.32 Å². The number of hydrogen-bond donors (Lipinski definition) is 1. The van der Waals surface area contributed by atoms with E-state index in [0.29, 0.717) is 10.2 Å². The number of aromatic nitrogens is 2. The molecule has 4 aromatic rings. The lowest BCUT2D eigenvalue weighted by Crippen LogP contribution is -2.28. The van der Waals surface area contributed by atoms with Crippen molar-refractivity contribution in [3.05, 3.63) is 80.1 Å². The summed E-state index contributed by atoms with van der Waals surface area (Å²) in [5.41, 5.74) is 4.41. The van der Waals surface area contributed by atoms with Crippen LogP contribution in [-0.4, -0.2) is 15.5 Å². The smallest absolute Gasteiger partial charge is 0.263 e. The molecule has 2 aromatic heterocycles. The van der Waals surface area contributed by atoms with Gasteiger partial charge in [-0.1, -0.05) is 45.8 Å². The molecule has 2 heterocycles. The first-order chi connectivity index (χ1) is 13.9. The van der Waals surface area contributed by atoms with Crippen LogP contribution in [0.25, 0.3) is 21.3 Å². The molecule has 0 bridgehead atoms. The van der Waals surface area contributed by atoms with Crippen molar-refractivity contribution in [1.29, 1.82) is 0 Å². The number of nitrogens with zero attached hydrogens (tertiary/aromatic N) is 2. The number of carbonyl (C=O) groups is 1. The normalized spacial score (nSPS) is 11.0. The minimum Gasteiger partial charge on any atom is -0.324 e. The van der Waals surface area contributed by atoms with Gasteiger partial charge in [-0.25, -0.2) is 4.98 Å². The highest BCUT2D eigenvalue weighted by Gasteiger charge is 2.15. The largest absolute Gasteiger partial charge is 0.324 e. The van der Waals surface area contributed by atoms with Gasteiger partial charge in [0, 0.05) is 21.1 Å². The Labute approximate surface area is 180 Å².